The zero-order chi connectivity index (χ0) is 9.35. The second-order valence-electron chi connectivity index (χ2n) is 2.40. The molecule has 2 atom stereocenters. The Labute approximate surface area is 85.9 Å². The molecule has 2 N–H and O–H groups in total. The molecule has 0 amide bonds. The number of hydrogen-bond acceptors (Lipinski definition) is 3. The fourth-order valence-electron chi connectivity index (χ4n) is 0.782. The Bertz CT molecular complexity index is 277. The van der Waals surface area contributed by atoms with Crippen LogP contribution < -0.4 is 5.73 Å². The van der Waals surface area contributed by atoms with E-state index >= 15 is 0 Å². The first kappa shape index (κ1) is 9.88. The van der Waals surface area contributed by atoms with Crippen LogP contribution in [0.3, 0.4) is 0 Å². The number of halogens is 2. The van der Waals surface area contributed by atoms with E-state index in [9.17, 15) is 10.1 Å². The maximum atomic E-state index is 10.5. The third-order valence-electron chi connectivity index (χ3n) is 1.48. The van der Waals surface area contributed by atoms with Crippen LogP contribution in [0.15, 0.2) is 22.7 Å². The molecule has 0 fully saturated rings. The van der Waals surface area contributed by atoms with E-state index < -0.39 is 9.37 Å². The van der Waals surface area contributed by atoms with Crippen LogP contribution >= 0.6 is 31.9 Å². The van der Waals surface area contributed by atoms with Crippen molar-refractivity contribution in [2.75, 3.05) is 0 Å². The summed E-state index contributed by atoms with van der Waals surface area (Å²) < 4.78 is -0.694. The van der Waals surface area contributed by atoms with Crippen LogP contribution in [-0.2, 0) is 0 Å². The fourth-order valence-corrected chi connectivity index (χ4v) is 1.99. The van der Waals surface area contributed by atoms with Gasteiger partial charge in [-0.05, 0) is 0 Å². The highest BCUT2D eigenvalue weighted by molar-refractivity contribution is 9.12. The van der Waals surface area contributed by atoms with Crippen molar-refractivity contribution in [3.63, 3.8) is 0 Å². The maximum absolute atomic E-state index is 10.5. The highest BCUT2D eigenvalue weighted by Crippen LogP contribution is 2.30. The molecule has 2 unspecified atom stereocenters. The second-order valence-corrected chi connectivity index (χ2v) is 4.58. The third-order valence-corrected chi connectivity index (χ3v) is 3.02. The van der Waals surface area contributed by atoms with Crippen molar-refractivity contribution < 1.29 is 4.92 Å². The summed E-state index contributed by atoms with van der Waals surface area (Å²) in [5, 5.41) is 10.5. The Kier molecular flexibility index (Phi) is 2.70. The second kappa shape index (κ2) is 3.27. The highest BCUT2D eigenvalue weighted by atomic mass is 79.9. The topological polar surface area (TPSA) is 69.2 Å². The molecule has 0 bridgehead atoms. The molecule has 0 aromatic heterocycles. The van der Waals surface area contributed by atoms with E-state index in [1.54, 1.807) is 6.08 Å². The van der Waals surface area contributed by atoms with Crippen molar-refractivity contribution in [2.24, 2.45) is 5.73 Å². The van der Waals surface area contributed by atoms with Crippen molar-refractivity contribution in [1.29, 1.82) is 0 Å². The Balaban J connectivity index is 2.99. The molecule has 4 nitrogen and oxygen atoms in total. The molecule has 1 rings (SSSR count). The summed E-state index contributed by atoms with van der Waals surface area (Å²) in [6.07, 6.45) is 4.42. The first-order valence-electron chi connectivity index (χ1n) is 3.12. The molecule has 0 aromatic carbocycles. The van der Waals surface area contributed by atoms with Crippen LogP contribution in [0.2, 0.25) is 0 Å². The molecule has 0 aliphatic heterocycles. The summed E-state index contributed by atoms with van der Waals surface area (Å²) in [7, 11) is 0. The Hall–Kier alpha value is -0.200. The number of alkyl halides is 1. The quantitative estimate of drug-likeness (QED) is 0.262. The molecule has 6 heteroatoms. The molecular formula is C6H6Br2N2O2. The van der Waals surface area contributed by atoms with Gasteiger partial charge in [-0.3, -0.25) is 10.1 Å². The van der Waals surface area contributed by atoms with E-state index in [1.807, 2.05) is 0 Å². The van der Waals surface area contributed by atoms with Crippen LogP contribution in [-0.4, -0.2) is 15.4 Å². The van der Waals surface area contributed by atoms with Gasteiger partial charge in [0.2, 0.25) is 0 Å². The van der Waals surface area contributed by atoms with Gasteiger partial charge < -0.3 is 5.73 Å². The van der Waals surface area contributed by atoms with Crippen LogP contribution in [0.1, 0.15) is 0 Å². The number of nitrogens with zero attached hydrogens (tertiary/aromatic N) is 1. The van der Waals surface area contributed by atoms with Crippen LogP contribution in [0.5, 0.6) is 0 Å². The minimum atomic E-state index is -1.30. The van der Waals surface area contributed by atoms with Gasteiger partial charge >= 0.3 is 4.45 Å². The van der Waals surface area contributed by atoms with Gasteiger partial charge in [0.15, 0.2) is 0 Å². The summed E-state index contributed by atoms with van der Waals surface area (Å²) in [5.74, 6) is 0. The molecule has 0 heterocycles. The normalized spacial score (nSPS) is 34.6. The highest BCUT2D eigenvalue weighted by Gasteiger charge is 2.37. The van der Waals surface area contributed by atoms with E-state index in [-0.39, 0.29) is 6.04 Å². The predicted octanol–water partition coefficient (Wildman–Crippen LogP) is 1.53. The smallest absolute Gasteiger partial charge is 0.312 e. The summed E-state index contributed by atoms with van der Waals surface area (Å²) in [6, 6.07) is -0.282. The molecule has 0 saturated heterocycles. The molecule has 1 aliphatic carbocycles. The zero-order valence-corrected chi connectivity index (χ0v) is 9.08. The molecule has 1 aliphatic rings. The van der Waals surface area contributed by atoms with Gasteiger partial charge in [0, 0.05) is 37.5 Å². The van der Waals surface area contributed by atoms with E-state index in [1.165, 1.54) is 12.2 Å². The Morgan fingerprint density at radius 2 is 2.33 bits per heavy atom. The van der Waals surface area contributed by atoms with Crippen molar-refractivity contribution in [3.05, 3.63) is 32.8 Å². The first-order chi connectivity index (χ1) is 5.46. The van der Waals surface area contributed by atoms with E-state index in [0.717, 1.165) is 0 Å². The van der Waals surface area contributed by atoms with Crippen LogP contribution in [0, 0.1) is 10.1 Å². The van der Waals surface area contributed by atoms with Crippen molar-refractivity contribution in [2.45, 2.75) is 10.5 Å². The summed E-state index contributed by atoms with van der Waals surface area (Å²) in [5.41, 5.74) is 5.55. The SMILES string of the molecule is NC1C=CC(Br)([N+](=O)[O-])C=C1Br. The molecular weight excluding hydrogens is 292 g/mol. The Morgan fingerprint density at radius 3 is 2.75 bits per heavy atom. The molecule has 0 aromatic rings. The fraction of sp³-hybridized carbons (Fsp3) is 0.333. The monoisotopic (exact) mass is 296 g/mol. The largest absolute Gasteiger partial charge is 0.320 e. The van der Waals surface area contributed by atoms with Gasteiger partial charge in [-0.25, -0.2) is 0 Å². The maximum Gasteiger partial charge on any atom is 0.312 e. The van der Waals surface area contributed by atoms with E-state index in [4.69, 9.17) is 5.73 Å². The molecule has 0 radical (unpaired) electrons. The Morgan fingerprint density at radius 1 is 1.75 bits per heavy atom. The number of rotatable bonds is 1. The van der Waals surface area contributed by atoms with Gasteiger partial charge in [-0.15, -0.1) is 0 Å². The van der Waals surface area contributed by atoms with Crippen LogP contribution in [0.4, 0.5) is 0 Å². The predicted molar refractivity (Wildman–Crippen MR) is 52.8 cm³/mol. The number of hydrogen-bond donors (Lipinski definition) is 1. The van der Waals surface area contributed by atoms with Gasteiger partial charge in [0.05, 0.1) is 6.04 Å². The van der Waals surface area contributed by atoms with Gasteiger partial charge in [-0.1, -0.05) is 22.0 Å². The zero-order valence-electron chi connectivity index (χ0n) is 5.91. The minimum Gasteiger partial charge on any atom is -0.320 e. The lowest BCUT2D eigenvalue weighted by Gasteiger charge is -2.18. The lowest BCUT2D eigenvalue weighted by molar-refractivity contribution is -0.508. The van der Waals surface area contributed by atoms with Crippen molar-refractivity contribution in [3.8, 4) is 0 Å². The van der Waals surface area contributed by atoms with Crippen molar-refractivity contribution >= 4 is 31.9 Å². The lowest BCUT2D eigenvalue weighted by atomic mass is 10.1. The third kappa shape index (κ3) is 1.75. The number of nitro groups is 1. The van der Waals surface area contributed by atoms with Crippen LogP contribution in [0.25, 0.3) is 0 Å². The standard InChI is InChI=1S/C6H6Br2N2O2/c7-4-3-6(8,10(11)12)2-1-5(4)9/h1-3,5H,9H2. The molecule has 0 saturated carbocycles. The van der Waals surface area contributed by atoms with E-state index in [2.05, 4.69) is 31.9 Å². The van der Waals surface area contributed by atoms with Gasteiger partial charge in [-0.2, -0.15) is 0 Å². The van der Waals surface area contributed by atoms with Gasteiger partial charge in [0.25, 0.3) is 0 Å². The minimum absolute atomic E-state index is 0.282. The van der Waals surface area contributed by atoms with E-state index in [0.29, 0.717) is 4.48 Å². The van der Waals surface area contributed by atoms with Crippen molar-refractivity contribution in [1.82, 2.24) is 0 Å². The molecule has 12 heavy (non-hydrogen) atoms. The molecule has 66 valence electrons. The average molecular weight is 298 g/mol. The summed E-state index contributed by atoms with van der Waals surface area (Å²) in [4.78, 5) is 10.1. The first-order valence-corrected chi connectivity index (χ1v) is 4.71. The summed E-state index contributed by atoms with van der Waals surface area (Å²) >= 11 is 6.13. The number of nitrogens with two attached hydrogens (primary N) is 1. The lowest BCUT2D eigenvalue weighted by Crippen LogP contribution is -2.32. The van der Waals surface area contributed by atoms with Gasteiger partial charge in [0.1, 0.15) is 0 Å². The average Bonchev–Trinajstić information content (AvgIpc) is 1.97. The summed E-state index contributed by atoms with van der Waals surface area (Å²) in [6.45, 7) is 0. The molecule has 0 spiro atoms.